The summed E-state index contributed by atoms with van der Waals surface area (Å²) in [4.78, 5) is 13.4. The predicted molar refractivity (Wildman–Crippen MR) is 71.2 cm³/mol. The Bertz CT molecular complexity index is 454. The van der Waals surface area contributed by atoms with E-state index in [1.807, 2.05) is 20.0 Å². The fraction of sp³-hybridized carbons (Fsp3) is 0.400. The molecule has 3 heteroatoms. The van der Waals surface area contributed by atoms with Crippen molar-refractivity contribution in [2.45, 2.75) is 26.1 Å². The number of likely N-dealkylation sites (N-methyl/N-ethyl adjacent to an activating group) is 1. The first-order valence-electron chi connectivity index (χ1n) is 6.27. The van der Waals surface area contributed by atoms with Crippen LogP contribution in [0.15, 0.2) is 36.4 Å². The summed E-state index contributed by atoms with van der Waals surface area (Å²) in [6, 6.07) is 8.32. The van der Waals surface area contributed by atoms with Gasteiger partial charge in [-0.2, -0.15) is 0 Å². The lowest BCUT2D eigenvalue weighted by Gasteiger charge is -2.28. The molecule has 0 spiro atoms. The number of hydrogen-bond acceptors (Lipinski definition) is 2. The molecule has 1 aromatic rings. The molecule has 1 aliphatic rings. The number of fused-ring (bicyclic) bond motifs is 1. The molecule has 96 valence electrons. The van der Waals surface area contributed by atoms with Crippen molar-refractivity contribution in [2.24, 2.45) is 0 Å². The Hall–Kier alpha value is -1.61. The van der Waals surface area contributed by atoms with E-state index in [1.165, 1.54) is 11.1 Å². The van der Waals surface area contributed by atoms with Crippen molar-refractivity contribution in [3.05, 3.63) is 47.5 Å². The largest absolute Gasteiger partial charge is 0.371 e. The molecule has 0 bridgehead atoms. The van der Waals surface area contributed by atoms with Crippen molar-refractivity contribution in [1.29, 1.82) is 0 Å². The molecule has 0 N–H and O–H groups in total. The number of rotatable bonds is 3. The number of hydrogen-bond donors (Lipinski definition) is 0. The fourth-order valence-corrected chi connectivity index (χ4v) is 2.19. The molecule has 0 saturated carbocycles. The summed E-state index contributed by atoms with van der Waals surface area (Å²) in [5.74, 6) is 0.0277. The quantitative estimate of drug-likeness (QED) is 0.764. The van der Waals surface area contributed by atoms with Crippen LogP contribution >= 0.6 is 0 Å². The zero-order chi connectivity index (χ0) is 13.0. The van der Waals surface area contributed by atoms with Crippen LogP contribution in [0.3, 0.4) is 0 Å². The molecule has 1 aliphatic heterocycles. The Kier molecular flexibility index (Phi) is 4.15. The van der Waals surface area contributed by atoms with Gasteiger partial charge in [-0.3, -0.25) is 4.79 Å². The van der Waals surface area contributed by atoms with Crippen molar-refractivity contribution < 1.29 is 9.53 Å². The average Bonchev–Trinajstić information content (AvgIpc) is 2.39. The minimum absolute atomic E-state index is 0.0277. The molecular weight excluding hydrogens is 226 g/mol. The summed E-state index contributed by atoms with van der Waals surface area (Å²) < 4.78 is 5.79. The molecule has 0 saturated heterocycles. The third kappa shape index (κ3) is 2.99. The molecule has 0 aliphatic carbocycles. The second-order valence-electron chi connectivity index (χ2n) is 4.62. The van der Waals surface area contributed by atoms with Gasteiger partial charge in [0.05, 0.1) is 12.7 Å². The Balaban J connectivity index is 1.95. The standard InChI is InChI=1S/C15H19NO2/c1-3-6-15(17)16(2)10-14-9-12-7-4-5-8-13(12)11-18-14/h3-8,14H,9-11H2,1-2H3/b6-3+. The van der Waals surface area contributed by atoms with Crippen LogP contribution in [-0.4, -0.2) is 30.5 Å². The normalized spacial score (nSPS) is 18.7. The molecule has 0 aromatic heterocycles. The van der Waals surface area contributed by atoms with E-state index >= 15 is 0 Å². The monoisotopic (exact) mass is 245 g/mol. The first kappa shape index (κ1) is 12.8. The Labute approximate surface area is 108 Å². The second kappa shape index (κ2) is 5.83. The van der Waals surface area contributed by atoms with Gasteiger partial charge in [-0.15, -0.1) is 0 Å². The predicted octanol–water partition coefficient (Wildman–Crippen LogP) is 2.16. The molecule has 1 unspecified atom stereocenters. The van der Waals surface area contributed by atoms with Gasteiger partial charge < -0.3 is 9.64 Å². The molecule has 0 radical (unpaired) electrons. The Morgan fingerprint density at radius 2 is 2.17 bits per heavy atom. The van der Waals surface area contributed by atoms with Gasteiger partial charge in [0, 0.05) is 20.0 Å². The smallest absolute Gasteiger partial charge is 0.246 e. The molecule has 1 heterocycles. The molecule has 2 rings (SSSR count). The highest BCUT2D eigenvalue weighted by Crippen LogP contribution is 2.20. The van der Waals surface area contributed by atoms with Gasteiger partial charge in [0.1, 0.15) is 0 Å². The highest BCUT2D eigenvalue weighted by atomic mass is 16.5. The first-order chi connectivity index (χ1) is 8.70. The summed E-state index contributed by atoms with van der Waals surface area (Å²) >= 11 is 0. The highest BCUT2D eigenvalue weighted by molar-refractivity contribution is 5.87. The van der Waals surface area contributed by atoms with E-state index in [0.29, 0.717) is 13.2 Å². The minimum Gasteiger partial charge on any atom is -0.371 e. The number of benzene rings is 1. The van der Waals surface area contributed by atoms with E-state index < -0.39 is 0 Å². The van der Waals surface area contributed by atoms with Crippen LogP contribution in [0.1, 0.15) is 18.1 Å². The number of ether oxygens (including phenoxy) is 1. The lowest BCUT2D eigenvalue weighted by molar-refractivity contribution is -0.127. The lowest BCUT2D eigenvalue weighted by Crippen LogP contribution is -2.37. The van der Waals surface area contributed by atoms with E-state index in [-0.39, 0.29) is 12.0 Å². The van der Waals surface area contributed by atoms with E-state index in [4.69, 9.17) is 4.74 Å². The molecule has 1 amide bonds. The lowest BCUT2D eigenvalue weighted by atomic mass is 9.99. The van der Waals surface area contributed by atoms with Crippen molar-refractivity contribution in [3.63, 3.8) is 0 Å². The summed E-state index contributed by atoms with van der Waals surface area (Å²) in [5, 5.41) is 0. The average molecular weight is 245 g/mol. The van der Waals surface area contributed by atoms with E-state index in [9.17, 15) is 4.79 Å². The third-order valence-electron chi connectivity index (χ3n) is 3.20. The van der Waals surface area contributed by atoms with Gasteiger partial charge in [0.2, 0.25) is 5.91 Å². The van der Waals surface area contributed by atoms with Gasteiger partial charge >= 0.3 is 0 Å². The fourth-order valence-electron chi connectivity index (χ4n) is 2.19. The second-order valence-corrected chi connectivity index (χ2v) is 4.62. The van der Waals surface area contributed by atoms with E-state index in [2.05, 4.69) is 18.2 Å². The Morgan fingerprint density at radius 3 is 2.89 bits per heavy atom. The van der Waals surface area contributed by atoms with Crippen LogP contribution in [0.4, 0.5) is 0 Å². The highest BCUT2D eigenvalue weighted by Gasteiger charge is 2.21. The van der Waals surface area contributed by atoms with Crippen LogP contribution in [-0.2, 0) is 22.6 Å². The van der Waals surface area contributed by atoms with Gasteiger partial charge in [0.25, 0.3) is 0 Å². The third-order valence-corrected chi connectivity index (χ3v) is 3.20. The van der Waals surface area contributed by atoms with Crippen LogP contribution in [0.2, 0.25) is 0 Å². The number of carbonyl (C=O) groups excluding carboxylic acids is 1. The Morgan fingerprint density at radius 1 is 1.44 bits per heavy atom. The van der Waals surface area contributed by atoms with Crippen molar-refractivity contribution in [3.8, 4) is 0 Å². The van der Waals surface area contributed by atoms with Crippen LogP contribution in [0, 0.1) is 0 Å². The summed E-state index contributed by atoms with van der Waals surface area (Å²) in [7, 11) is 1.81. The maximum Gasteiger partial charge on any atom is 0.246 e. The minimum atomic E-state index is 0.0277. The van der Waals surface area contributed by atoms with Crippen LogP contribution in [0.25, 0.3) is 0 Å². The molecule has 1 atom stereocenters. The summed E-state index contributed by atoms with van der Waals surface area (Å²) in [5.41, 5.74) is 2.59. The van der Waals surface area contributed by atoms with E-state index in [1.54, 1.807) is 17.1 Å². The van der Waals surface area contributed by atoms with Crippen molar-refractivity contribution in [2.75, 3.05) is 13.6 Å². The zero-order valence-corrected chi connectivity index (χ0v) is 10.9. The maximum absolute atomic E-state index is 11.6. The summed E-state index contributed by atoms with van der Waals surface area (Å²) in [6.45, 7) is 3.13. The van der Waals surface area contributed by atoms with Crippen LogP contribution in [0.5, 0.6) is 0 Å². The topological polar surface area (TPSA) is 29.5 Å². The molecule has 0 fully saturated rings. The van der Waals surface area contributed by atoms with Crippen molar-refractivity contribution >= 4 is 5.91 Å². The molecular formula is C15H19NO2. The van der Waals surface area contributed by atoms with E-state index in [0.717, 1.165) is 6.42 Å². The zero-order valence-electron chi connectivity index (χ0n) is 10.9. The van der Waals surface area contributed by atoms with Gasteiger partial charge in [-0.25, -0.2) is 0 Å². The van der Waals surface area contributed by atoms with Crippen molar-refractivity contribution in [1.82, 2.24) is 4.90 Å². The maximum atomic E-state index is 11.6. The number of nitrogens with zero attached hydrogens (tertiary/aromatic N) is 1. The number of carbonyl (C=O) groups is 1. The van der Waals surface area contributed by atoms with Crippen LogP contribution < -0.4 is 0 Å². The molecule has 18 heavy (non-hydrogen) atoms. The number of amides is 1. The summed E-state index contributed by atoms with van der Waals surface area (Å²) in [6.07, 6.45) is 4.31. The molecule has 1 aromatic carbocycles. The van der Waals surface area contributed by atoms with Gasteiger partial charge in [-0.1, -0.05) is 30.3 Å². The number of allylic oxidation sites excluding steroid dienone is 1. The van der Waals surface area contributed by atoms with Gasteiger partial charge in [-0.05, 0) is 24.1 Å². The molecule has 3 nitrogen and oxygen atoms in total. The first-order valence-corrected chi connectivity index (χ1v) is 6.27. The van der Waals surface area contributed by atoms with Gasteiger partial charge in [0.15, 0.2) is 0 Å². The SMILES string of the molecule is C/C=C/C(=O)N(C)CC1Cc2ccccc2CO1.